The topological polar surface area (TPSA) is 89.4 Å². The third-order valence-electron chi connectivity index (χ3n) is 7.76. The molecule has 0 N–H and O–H groups in total. The summed E-state index contributed by atoms with van der Waals surface area (Å²) < 4.78 is 51.8. The molecule has 0 saturated heterocycles. The maximum atomic E-state index is 14.5. The molecule has 1 aliphatic rings. The van der Waals surface area contributed by atoms with Crippen LogP contribution < -0.4 is 14.9 Å². The highest BCUT2D eigenvalue weighted by Gasteiger charge is 2.45. The minimum absolute atomic E-state index is 0.147. The molecule has 0 unspecified atom stereocenters. The zero-order chi connectivity index (χ0) is 32.7. The van der Waals surface area contributed by atoms with Gasteiger partial charge >= 0.3 is 12.1 Å². The average Bonchev–Trinajstić information content (AvgIpc) is 3.49. The number of para-hydroxylation sites is 1. The number of benzene rings is 3. The van der Waals surface area contributed by atoms with E-state index < -0.39 is 35.0 Å². The summed E-state index contributed by atoms with van der Waals surface area (Å²) in [5.41, 5.74) is 1.41. The van der Waals surface area contributed by atoms with E-state index >= 15 is 0 Å². The third kappa shape index (κ3) is 5.55. The van der Waals surface area contributed by atoms with Crippen LogP contribution in [0.25, 0.3) is 17.0 Å². The summed E-state index contributed by atoms with van der Waals surface area (Å²) in [4.78, 5) is 30.9. The molecule has 0 spiro atoms. The molecular formula is C34H24ClF3N4O3S. The summed E-state index contributed by atoms with van der Waals surface area (Å²) in [6, 6.07) is 21.4. The van der Waals surface area contributed by atoms with E-state index in [2.05, 4.69) is 15.6 Å². The van der Waals surface area contributed by atoms with Gasteiger partial charge in [-0.2, -0.15) is 18.4 Å². The van der Waals surface area contributed by atoms with Gasteiger partial charge in [-0.1, -0.05) is 65.4 Å². The second kappa shape index (κ2) is 12.1. The normalized spacial score (nSPS) is 15.1. The first-order valence-corrected chi connectivity index (χ1v) is 15.3. The zero-order valence-corrected chi connectivity index (χ0v) is 26.0. The first-order valence-electron chi connectivity index (χ1n) is 14.1. The molecule has 0 saturated carbocycles. The second-order valence-corrected chi connectivity index (χ2v) is 12.0. The molecule has 0 fully saturated rings. The predicted molar refractivity (Wildman–Crippen MR) is 169 cm³/mol. The molecule has 46 heavy (non-hydrogen) atoms. The van der Waals surface area contributed by atoms with Crippen LogP contribution in [0, 0.1) is 18.3 Å². The molecule has 7 nitrogen and oxygen atoms in total. The van der Waals surface area contributed by atoms with Crippen molar-refractivity contribution in [3.05, 3.63) is 137 Å². The largest absolute Gasteiger partial charge is 0.463 e. The van der Waals surface area contributed by atoms with Gasteiger partial charge in [0, 0.05) is 33.7 Å². The maximum Gasteiger partial charge on any atom is 0.434 e. The van der Waals surface area contributed by atoms with Crippen LogP contribution in [-0.2, 0) is 16.1 Å². The highest BCUT2D eigenvalue weighted by Crippen LogP contribution is 2.38. The van der Waals surface area contributed by atoms with Crippen LogP contribution in [0.4, 0.5) is 13.2 Å². The van der Waals surface area contributed by atoms with Crippen molar-refractivity contribution in [1.29, 1.82) is 5.26 Å². The number of carbonyl (C=O) groups is 1. The van der Waals surface area contributed by atoms with E-state index in [-0.39, 0.29) is 21.5 Å². The van der Waals surface area contributed by atoms with Crippen LogP contribution in [0.2, 0.25) is 5.02 Å². The number of halogens is 4. The number of nitrogens with zero attached hydrogens (tertiary/aromatic N) is 4. The monoisotopic (exact) mass is 660 g/mol. The molecule has 12 heteroatoms. The molecule has 6 rings (SSSR count). The van der Waals surface area contributed by atoms with Crippen LogP contribution in [0.5, 0.6) is 0 Å². The Labute approximate surface area is 269 Å². The van der Waals surface area contributed by atoms with E-state index in [4.69, 9.17) is 21.6 Å². The summed E-state index contributed by atoms with van der Waals surface area (Å²) in [5.74, 6) is -1.21. The van der Waals surface area contributed by atoms with Gasteiger partial charge in [0.1, 0.15) is 0 Å². The van der Waals surface area contributed by atoms with Gasteiger partial charge < -0.3 is 9.30 Å². The molecular weight excluding hydrogens is 637 g/mol. The number of hydrogen-bond acceptors (Lipinski definition) is 6. The molecule has 1 aliphatic heterocycles. The van der Waals surface area contributed by atoms with Gasteiger partial charge in [-0.3, -0.25) is 9.36 Å². The van der Waals surface area contributed by atoms with Crippen LogP contribution in [0.3, 0.4) is 0 Å². The van der Waals surface area contributed by atoms with E-state index in [0.29, 0.717) is 17.1 Å². The van der Waals surface area contributed by atoms with E-state index in [0.717, 1.165) is 43.6 Å². The van der Waals surface area contributed by atoms with Crippen LogP contribution in [0.15, 0.2) is 93.9 Å². The van der Waals surface area contributed by atoms with Crippen molar-refractivity contribution in [1.82, 2.24) is 9.13 Å². The number of allylic oxidation sites excluding steroid dienone is 1. The molecule has 0 bridgehead atoms. The summed E-state index contributed by atoms with van der Waals surface area (Å²) >= 11 is 6.88. The zero-order valence-electron chi connectivity index (χ0n) is 24.4. The number of esters is 1. The standard InChI is InChI=1S/C34H24ClF3N4O3S/c1-3-45-32(44)28-29(22-12-14-23(35)15-13-22)42-31(43)27(46-33(42)40-30(28)34(36,37)38)16-25-19(2)41(26-7-5-4-6-24(25)26)18-21-10-8-20(17-39)9-11-21/h4-16,29H,3,18H2,1-2H3/b27-16-/t29-/m1/s1. The van der Waals surface area contributed by atoms with Gasteiger partial charge in [-0.05, 0) is 61.4 Å². The van der Waals surface area contributed by atoms with Crippen molar-refractivity contribution in [2.24, 2.45) is 4.99 Å². The number of carbonyl (C=O) groups excluding carboxylic acids is 1. The Morgan fingerprint density at radius 1 is 1.11 bits per heavy atom. The molecule has 2 aromatic heterocycles. The Bertz CT molecular complexity index is 2260. The summed E-state index contributed by atoms with van der Waals surface area (Å²) in [7, 11) is 0. The smallest absolute Gasteiger partial charge is 0.434 e. The Kier molecular flexibility index (Phi) is 8.19. The second-order valence-electron chi connectivity index (χ2n) is 10.5. The molecule has 0 aliphatic carbocycles. The fourth-order valence-electron chi connectivity index (χ4n) is 5.64. The van der Waals surface area contributed by atoms with Gasteiger partial charge in [0.25, 0.3) is 5.56 Å². The summed E-state index contributed by atoms with van der Waals surface area (Å²) in [6.07, 6.45) is -3.34. The quantitative estimate of drug-likeness (QED) is 0.204. The fourth-order valence-corrected chi connectivity index (χ4v) is 6.75. The number of fused-ring (bicyclic) bond motifs is 2. The Balaban J connectivity index is 1.58. The molecule has 0 radical (unpaired) electrons. The Morgan fingerprint density at radius 2 is 1.80 bits per heavy atom. The molecule has 3 heterocycles. The van der Waals surface area contributed by atoms with Crippen LogP contribution in [0.1, 0.15) is 40.9 Å². The number of alkyl halides is 3. The number of hydrogen-bond donors (Lipinski definition) is 0. The minimum atomic E-state index is -5.00. The third-order valence-corrected chi connectivity index (χ3v) is 8.99. The lowest BCUT2D eigenvalue weighted by Crippen LogP contribution is -2.41. The number of aromatic nitrogens is 2. The van der Waals surface area contributed by atoms with E-state index in [1.165, 1.54) is 31.2 Å². The first-order chi connectivity index (χ1) is 22.0. The number of nitriles is 1. The SMILES string of the molecule is CCOC(=O)C1=C(C(F)(F)F)N=c2s/c(=C\c3c(C)n(Cc4ccc(C#N)cc4)c4ccccc34)c(=O)n2[C@@H]1c1ccc(Cl)cc1. The fraction of sp³-hybridized carbons (Fsp3) is 0.176. The molecule has 232 valence electrons. The Morgan fingerprint density at radius 3 is 2.46 bits per heavy atom. The van der Waals surface area contributed by atoms with Gasteiger partial charge in [-0.15, -0.1) is 0 Å². The molecule has 3 aromatic carbocycles. The maximum absolute atomic E-state index is 14.5. The number of thiazole rings is 1. The van der Waals surface area contributed by atoms with E-state index in [1.807, 2.05) is 43.3 Å². The molecule has 0 amide bonds. The van der Waals surface area contributed by atoms with E-state index in [1.54, 1.807) is 18.2 Å². The van der Waals surface area contributed by atoms with Crippen molar-refractivity contribution in [2.75, 3.05) is 6.61 Å². The lowest BCUT2D eigenvalue weighted by Gasteiger charge is -2.26. The van der Waals surface area contributed by atoms with Crippen molar-refractivity contribution < 1.29 is 22.7 Å². The van der Waals surface area contributed by atoms with Crippen LogP contribution in [-0.4, -0.2) is 27.9 Å². The lowest BCUT2D eigenvalue weighted by atomic mass is 9.95. The number of rotatable bonds is 6. The van der Waals surface area contributed by atoms with Crippen molar-refractivity contribution in [3.8, 4) is 6.07 Å². The molecule has 1 atom stereocenters. The lowest BCUT2D eigenvalue weighted by molar-refractivity contribution is -0.140. The first kappa shape index (κ1) is 31.1. The average molecular weight is 661 g/mol. The minimum Gasteiger partial charge on any atom is -0.463 e. The Hall–Kier alpha value is -4.92. The number of ether oxygens (including phenoxy) is 1. The highest BCUT2D eigenvalue weighted by atomic mass is 35.5. The van der Waals surface area contributed by atoms with Crippen molar-refractivity contribution in [2.45, 2.75) is 32.6 Å². The summed E-state index contributed by atoms with van der Waals surface area (Å²) in [6.45, 7) is 3.71. The van der Waals surface area contributed by atoms with Gasteiger partial charge in [0.2, 0.25) is 0 Å². The van der Waals surface area contributed by atoms with Gasteiger partial charge in [0.15, 0.2) is 10.5 Å². The van der Waals surface area contributed by atoms with Crippen molar-refractivity contribution in [3.63, 3.8) is 0 Å². The van der Waals surface area contributed by atoms with Gasteiger partial charge in [-0.25, -0.2) is 9.79 Å². The van der Waals surface area contributed by atoms with E-state index in [9.17, 15) is 22.8 Å². The van der Waals surface area contributed by atoms with Crippen LogP contribution >= 0.6 is 22.9 Å². The van der Waals surface area contributed by atoms with Crippen molar-refractivity contribution >= 4 is 45.9 Å². The molecule has 5 aromatic rings. The van der Waals surface area contributed by atoms with Gasteiger partial charge in [0.05, 0.1) is 34.4 Å². The highest BCUT2D eigenvalue weighted by molar-refractivity contribution is 7.07. The summed E-state index contributed by atoms with van der Waals surface area (Å²) in [5, 5.41) is 10.3. The predicted octanol–water partition coefficient (Wildman–Crippen LogP) is 6.18.